The number of nitrogens with one attached hydrogen (secondary N) is 2. The summed E-state index contributed by atoms with van der Waals surface area (Å²) in [6.45, 7) is 6.39. The molecule has 4 heteroatoms. The van der Waals surface area contributed by atoms with Gasteiger partial charge in [-0.2, -0.15) is 0 Å². The van der Waals surface area contributed by atoms with Crippen molar-refractivity contribution in [2.45, 2.75) is 39.3 Å². The van der Waals surface area contributed by atoms with Crippen molar-refractivity contribution in [3.8, 4) is 0 Å². The summed E-state index contributed by atoms with van der Waals surface area (Å²) in [4.78, 5) is 14.9. The second-order valence-electron chi connectivity index (χ2n) is 6.62. The van der Waals surface area contributed by atoms with Crippen molar-refractivity contribution in [1.29, 1.82) is 0 Å². The molecule has 0 spiro atoms. The summed E-state index contributed by atoms with van der Waals surface area (Å²) in [7, 11) is 0. The van der Waals surface area contributed by atoms with E-state index < -0.39 is 12.0 Å². The van der Waals surface area contributed by atoms with Gasteiger partial charge in [-0.25, -0.2) is 0 Å². The zero-order chi connectivity index (χ0) is 14.5. The third-order valence-electron chi connectivity index (χ3n) is 4.08. The lowest BCUT2D eigenvalue weighted by molar-refractivity contribution is -0.140. The van der Waals surface area contributed by atoms with Crippen molar-refractivity contribution in [3.63, 3.8) is 0 Å². The average molecular weight is 272 g/mol. The molecule has 0 amide bonds. The SMILES string of the molecule is CC(C)(C)[C@@H]1N[C@@H](C(=O)O)Cc2c1[nH]c1ccccc21. The van der Waals surface area contributed by atoms with E-state index in [1.54, 1.807) is 0 Å². The van der Waals surface area contributed by atoms with Gasteiger partial charge in [0.1, 0.15) is 6.04 Å². The number of fused-ring (bicyclic) bond motifs is 3. The molecule has 3 rings (SSSR count). The monoisotopic (exact) mass is 272 g/mol. The average Bonchev–Trinajstić information content (AvgIpc) is 2.74. The van der Waals surface area contributed by atoms with Crippen LogP contribution in [0.2, 0.25) is 0 Å². The summed E-state index contributed by atoms with van der Waals surface area (Å²) in [6, 6.07) is 7.60. The fourth-order valence-electron chi connectivity index (χ4n) is 3.08. The maximum Gasteiger partial charge on any atom is 0.321 e. The molecular weight excluding hydrogens is 252 g/mol. The van der Waals surface area contributed by atoms with Crippen LogP contribution in [0.4, 0.5) is 0 Å². The Kier molecular flexibility index (Phi) is 2.87. The second-order valence-corrected chi connectivity index (χ2v) is 6.62. The standard InChI is InChI=1S/C16H20N2O2/c1-16(2,3)14-13-10(8-12(18-14)15(19)20)9-6-4-5-7-11(9)17-13/h4-7,12,14,17-18H,8H2,1-3H3,(H,19,20)/t12-,14-/m1/s1. The van der Waals surface area contributed by atoms with Crippen molar-refractivity contribution in [3.05, 3.63) is 35.5 Å². The molecule has 106 valence electrons. The number of aromatic nitrogens is 1. The molecule has 0 saturated carbocycles. The molecule has 0 radical (unpaired) electrons. The first-order valence-corrected chi connectivity index (χ1v) is 6.96. The van der Waals surface area contributed by atoms with Gasteiger partial charge in [0.15, 0.2) is 0 Å². The zero-order valence-electron chi connectivity index (χ0n) is 12.0. The molecule has 1 aliphatic rings. The normalized spacial score (nSPS) is 22.8. The number of para-hydroxylation sites is 1. The Labute approximate surface area is 118 Å². The van der Waals surface area contributed by atoms with Crippen LogP contribution in [0.15, 0.2) is 24.3 Å². The first kappa shape index (κ1) is 13.2. The third kappa shape index (κ3) is 2.00. The molecule has 1 aliphatic heterocycles. The van der Waals surface area contributed by atoms with E-state index in [1.165, 1.54) is 0 Å². The molecule has 2 heterocycles. The number of carboxylic acids is 1. The number of aliphatic carboxylic acids is 1. The molecule has 0 fully saturated rings. The smallest absolute Gasteiger partial charge is 0.321 e. The van der Waals surface area contributed by atoms with Crippen LogP contribution in [-0.2, 0) is 11.2 Å². The summed E-state index contributed by atoms with van der Waals surface area (Å²) in [5.41, 5.74) is 3.31. The number of carboxylic acid groups (broad SMARTS) is 1. The highest BCUT2D eigenvalue weighted by Crippen LogP contribution is 2.40. The van der Waals surface area contributed by atoms with Crippen LogP contribution in [-0.4, -0.2) is 22.1 Å². The first-order chi connectivity index (χ1) is 9.38. The van der Waals surface area contributed by atoms with Gasteiger partial charge in [-0.1, -0.05) is 39.0 Å². The fourth-order valence-corrected chi connectivity index (χ4v) is 3.08. The van der Waals surface area contributed by atoms with Crippen LogP contribution in [0.25, 0.3) is 10.9 Å². The highest BCUT2D eigenvalue weighted by molar-refractivity contribution is 5.86. The van der Waals surface area contributed by atoms with Crippen molar-refractivity contribution >= 4 is 16.9 Å². The van der Waals surface area contributed by atoms with E-state index in [4.69, 9.17) is 0 Å². The molecule has 0 saturated heterocycles. The van der Waals surface area contributed by atoms with E-state index in [0.717, 1.165) is 22.2 Å². The number of benzene rings is 1. The van der Waals surface area contributed by atoms with Crippen LogP contribution in [0.1, 0.15) is 38.1 Å². The van der Waals surface area contributed by atoms with Gasteiger partial charge in [0.05, 0.1) is 6.04 Å². The van der Waals surface area contributed by atoms with Crippen molar-refractivity contribution in [2.24, 2.45) is 5.41 Å². The van der Waals surface area contributed by atoms with Crippen molar-refractivity contribution in [2.75, 3.05) is 0 Å². The maximum atomic E-state index is 11.4. The molecule has 20 heavy (non-hydrogen) atoms. The molecule has 3 N–H and O–H groups in total. The quantitative estimate of drug-likeness (QED) is 0.748. The molecule has 0 unspecified atom stereocenters. The minimum absolute atomic E-state index is 0.0137. The third-order valence-corrected chi connectivity index (χ3v) is 4.08. The van der Waals surface area contributed by atoms with Crippen molar-refractivity contribution in [1.82, 2.24) is 10.3 Å². The highest BCUT2D eigenvalue weighted by Gasteiger charge is 2.38. The second kappa shape index (κ2) is 4.35. The Hall–Kier alpha value is -1.81. The van der Waals surface area contributed by atoms with Gasteiger partial charge in [0.25, 0.3) is 0 Å². The number of carbonyl (C=O) groups is 1. The minimum atomic E-state index is -0.782. The Balaban J connectivity index is 2.19. The van der Waals surface area contributed by atoms with Crippen LogP contribution in [0, 0.1) is 5.41 Å². The number of rotatable bonds is 1. The number of hydrogen-bond donors (Lipinski definition) is 3. The van der Waals surface area contributed by atoms with Crippen molar-refractivity contribution < 1.29 is 9.90 Å². The molecule has 2 atom stereocenters. The maximum absolute atomic E-state index is 11.4. The molecular formula is C16H20N2O2. The van der Waals surface area contributed by atoms with E-state index in [9.17, 15) is 9.90 Å². The summed E-state index contributed by atoms with van der Waals surface area (Å²) in [6.07, 6.45) is 0.529. The topological polar surface area (TPSA) is 65.1 Å². The first-order valence-electron chi connectivity index (χ1n) is 6.96. The van der Waals surface area contributed by atoms with Crippen LogP contribution in [0.5, 0.6) is 0 Å². The Morgan fingerprint density at radius 1 is 1.30 bits per heavy atom. The predicted molar refractivity (Wildman–Crippen MR) is 78.8 cm³/mol. The Bertz CT molecular complexity index is 667. The molecule has 1 aromatic carbocycles. The molecule has 4 nitrogen and oxygen atoms in total. The number of H-pyrrole nitrogens is 1. The Morgan fingerprint density at radius 3 is 2.65 bits per heavy atom. The van der Waals surface area contributed by atoms with Gasteiger partial charge in [-0.15, -0.1) is 0 Å². The van der Waals surface area contributed by atoms with Gasteiger partial charge in [-0.3, -0.25) is 10.1 Å². The van der Waals surface area contributed by atoms with Crippen LogP contribution in [0.3, 0.4) is 0 Å². The lowest BCUT2D eigenvalue weighted by Gasteiger charge is -2.37. The fraction of sp³-hybridized carbons (Fsp3) is 0.438. The van der Waals surface area contributed by atoms with Gasteiger partial charge >= 0.3 is 5.97 Å². The van der Waals surface area contributed by atoms with Gasteiger partial charge < -0.3 is 10.1 Å². The zero-order valence-corrected chi connectivity index (χ0v) is 12.0. The summed E-state index contributed by atoms with van der Waals surface area (Å²) in [5, 5.41) is 13.8. The van der Waals surface area contributed by atoms with Gasteiger partial charge in [0.2, 0.25) is 0 Å². The molecule has 0 aliphatic carbocycles. The Morgan fingerprint density at radius 2 is 2.00 bits per heavy atom. The minimum Gasteiger partial charge on any atom is -0.480 e. The largest absolute Gasteiger partial charge is 0.480 e. The molecule has 1 aromatic heterocycles. The summed E-state index contributed by atoms with van der Waals surface area (Å²) in [5.74, 6) is -0.782. The predicted octanol–water partition coefficient (Wildman–Crippen LogP) is 2.85. The van der Waals surface area contributed by atoms with E-state index in [-0.39, 0.29) is 11.5 Å². The summed E-state index contributed by atoms with van der Waals surface area (Å²) >= 11 is 0. The van der Waals surface area contributed by atoms with E-state index in [2.05, 4.69) is 37.1 Å². The van der Waals surface area contributed by atoms with E-state index >= 15 is 0 Å². The van der Waals surface area contributed by atoms with E-state index in [0.29, 0.717) is 6.42 Å². The molecule has 2 aromatic rings. The molecule has 0 bridgehead atoms. The van der Waals surface area contributed by atoms with Crippen LogP contribution >= 0.6 is 0 Å². The van der Waals surface area contributed by atoms with E-state index in [1.807, 2.05) is 18.2 Å². The number of hydrogen-bond acceptors (Lipinski definition) is 2. The lowest BCUT2D eigenvalue weighted by atomic mass is 9.79. The van der Waals surface area contributed by atoms with Gasteiger partial charge in [0, 0.05) is 23.0 Å². The highest BCUT2D eigenvalue weighted by atomic mass is 16.4. The number of aromatic amines is 1. The summed E-state index contributed by atoms with van der Waals surface area (Å²) < 4.78 is 0. The lowest BCUT2D eigenvalue weighted by Crippen LogP contribution is -2.48. The van der Waals surface area contributed by atoms with Gasteiger partial charge in [-0.05, 0) is 17.0 Å². The van der Waals surface area contributed by atoms with Crippen LogP contribution < -0.4 is 5.32 Å².